The molecule has 0 fully saturated rings. The number of nitrogens with zero attached hydrogens (tertiary/aromatic N) is 3. The average molecular weight is 375 g/mol. The highest BCUT2D eigenvalue weighted by Gasteiger charge is 2.17. The van der Waals surface area contributed by atoms with Crippen LogP contribution in [-0.4, -0.2) is 32.5 Å². The van der Waals surface area contributed by atoms with E-state index in [2.05, 4.69) is 49.7 Å². The van der Waals surface area contributed by atoms with Crippen LogP contribution < -0.4 is 5.32 Å². The summed E-state index contributed by atoms with van der Waals surface area (Å²) in [4.78, 5) is 19.2. The fourth-order valence-electron chi connectivity index (χ4n) is 3.61. The van der Waals surface area contributed by atoms with Gasteiger partial charge >= 0.3 is 0 Å². The second kappa shape index (κ2) is 7.94. The van der Waals surface area contributed by atoms with Gasteiger partial charge in [0.15, 0.2) is 5.82 Å². The maximum absolute atomic E-state index is 12.5. The normalized spacial score (nSPS) is 15.1. The van der Waals surface area contributed by atoms with E-state index in [1.54, 1.807) is 0 Å². The summed E-state index contributed by atoms with van der Waals surface area (Å²) in [5.41, 5.74) is 4.74. The Labute approximate surface area is 165 Å². The molecule has 28 heavy (non-hydrogen) atoms. The van der Waals surface area contributed by atoms with Crippen molar-refractivity contribution in [2.75, 3.05) is 6.54 Å². The lowest BCUT2D eigenvalue weighted by atomic mass is 9.99. The lowest BCUT2D eigenvalue weighted by Crippen LogP contribution is -2.30. The molecule has 0 aliphatic carbocycles. The van der Waals surface area contributed by atoms with E-state index in [1.165, 1.54) is 16.7 Å². The maximum atomic E-state index is 12.5. The summed E-state index contributed by atoms with van der Waals surface area (Å²) in [5, 5.41) is 9.84. The Morgan fingerprint density at radius 2 is 1.93 bits per heavy atom. The van der Waals surface area contributed by atoms with Gasteiger partial charge in [-0.1, -0.05) is 36.4 Å². The number of rotatable bonds is 5. The van der Waals surface area contributed by atoms with E-state index in [0.29, 0.717) is 11.4 Å². The van der Waals surface area contributed by atoms with Crippen molar-refractivity contribution < 1.29 is 4.79 Å². The zero-order valence-corrected chi connectivity index (χ0v) is 16.3. The first kappa shape index (κ1) is 18.4. The molecule has 0 bridgehead atoms. The molecule has 0 saturated heterocycles. The highest BCUT2D eigenvalue weighted by atomic mass is 16.1. The van der Waals surface area contributed by atoms with Crippen molar-refractivity contribution in [3.63, 3.8) is 0 Å². The third-order valence-electron chi connectivity index (χ3n) is 5.18. The molecule has 1 atom stereocenters. The molecule has 4 rings (SSSR count). The molecule has 1 aliphatic heterocycles. The number of amides is 1. The molecule has 1 aromatic heterocycles. The lowest BCUT2D eigenvalue weighted by molar-refractivity contribution is 0.0938. The fraction of sp³-hybridized carbons (Fsp3) is 0.318. The number of benzene rings is 2. The van der Waals surface area contributed by atoms with Crippen molar-refractivity contribution in [3.05, 3.63) is 82.4 Å². The van der Waals surface area contributed by atoms with E-state index in [-0.39, 0.29) is 11.9 Å². The molecule has 2 aromatic carbocycles. The van der Waals surface area contributed by atoms with Crippen LogP contribution in [0.25, 0.3) is 0 Å². The largest absolute Gasteiger partial charge is 0.342 e. The van der Waals surface area contributed by atoms with Crippen LogP contribution in [0.2, 0.25) is 0 Å². The molecule has 2 heterocycles. The summed E-state index contributed by atoms with van der Waals surface area (Å²) in [6.45, 7) is 6.65. The van der Waals surface area contributed by atoms with E-state index < -0.39 is 0 Å². The van der Waals surface area contributed by atoms with E-state index in [9.17, 15) is 4.79 Å². The molecule has 0 radical (unpaired) electrons. The first-order chi connectivity index (χ1) is 13.6. The van der Waals surface area contributed by atoms with Crippen LogP contribution in [0.5, 0.6) is 0 Å². The second-order valence-corrected chi connectivity index (χ2v) is 7.40. The van der Waals surface area contributed by atoms with Crippen molar-refractivity contribution in [1.29, 1.82) is 0 Å². The van der Waals surface area contributed by atoms with E-state index in [0.717, 1.165) is 31.9 Å². The molecule has 144 valence electrons. The van der Waals surface area contributed by atoms with E-state index in [1.807, 2.05) is 38.1 Å². The fourth-order valence-corrected chi connectivity index (χ4v) is 3.61. The number of aromatic amines is 1. The smallest absolute Gasteiger partial charge is 0.251 e. The minimum atomic E-state index is -0.245. The van der Waals surface area contributed by atoms with Gasteiger partial charge in [0.2, 0.25) is 0 Å². The Hall–Kier alpha value is -2.99. The SMILES string of the molecule is Cc1nc([C@@H](C)NC(=O)c2ccc(CN3CCc4ccccc4C3)cc2)n[nH]1. The van der Waals surface area contributed by atoms with Crippen molar-refractivity contribution in [3.8, 4) is 0 Å². The third-order valence-corrected chi connectivity index (χ3v) is 5.18. The summed E-state index contributed by atoms with van der Waals surface area (Å²) in [5.74, 6) is 1.21. The number of hydrogen-bond donors (Lipinski definition) is 2. The molecule has 0 spiro atoms. The molecule has 1 amide bonds. The van der Waals surface area contributed by atoms with Crippen LogP contribution in [0, 0.1) is 6.92 Å². The van der Waals surface area contributed by atoms with Crippen LogP contribution >= 0.6 is 0 Å². The van der Waals surface area contributed by atoms with Crippen molar-refractivity contribution in [2.24, 2.45) is 0 Å². The first-order valence-corrected chi connectivity index (χ1v) is 9.66. The Balaban J connectivity index is 1.35. The zero-order valence-electron chi connectivity index (χ0n) is 16.3. The van der Waals surface area contributed by atoms with Crippen molar-refractivity contribution in [1.82, 2.24) is 25.4 Å². The molecule has 0 unspecified atom stereocenters. The molecule has 0 saturated carbocycles. The van der Waals surface area contributed by atoms with Gasteiger partial charge in [-0.15, -0.1) is 0 Å². The third kappa shape index (κ3) is 4.12. The summed E-state index contributed by atoms with van der Waals surface area (Å²) in [7, 11) is 0. The summed E-state index contributed by atoms with van der Waals surface area (Å²) in [6.07, 6.45) is 1.09. The molecule has 1 aliphatic rings. The van der Waals surface area contributed by atoms with Crippen LogP contribution in [-0.2, 0) is 19.5 Å². The number of H-pyrrole nitrogens is 1. The standard InChI is InChI=1S/C22H25N5O/c1-15(21-24-16(2)25-26-21)23-22(28)19-9-7-17(8-10-19)13-27-12-11-18-5-3-4-6-20(18)14-27/h3-10,15H,11-14H2,1-2H3,(H,23,28)(H,24,25,26)/t15-/m1/s1. The summed E-state index contributed by atoms with van der Waals surface area (Å²) >= 11 is 0. The van der Waals surface area contributed by atoms with Gasteiger partial charge in [0.25, 0.3) is 5.91 Å². The number of aryl methyl sites for hydroxylation is 1. The summed E-state index contributed by atoms with van der Waals surface area (Å²) in [6, 6.07) is 16.3. The molecular weight excluding hydrogens is 350 g/mol. The quantitative estimate of drug-likeness (QED) is 0.718. The number of aromatic nitrogens is 3. The minimum absolute atomic E-state index is 0.117. The number of hydrogen-bond acceptors (Lipinski definition) is 4. The highest BCUT2D eigenvalue weighted by molar-refractivity contribution is 5.94. The monoisotopic (exact) mass is 375 g/mol. The van der Waals surface area contributed by atoms with Crippen LogP contribution in [0.4, 0.5) is 0 Å². The molecule has 6 heteroatoms. The Morgan fingerprint density at radius 1 is 1.18 bits per heavy atom. The Kier molecular flexibility index (Phi) is 5.21. The van der Waals surface area contributed by atoms with Crippen LogP contribution in [0.15, 0.2) is 48.5 Å². The van der Waals surface area contributed by atoms with E-state index in [4.69, 9.17) is 0 Å². The maximum Gasteiger partial charge on any atom is 0.251 e. The first-order valence-electron chi connectivity index (χ1n) is 9.66. The van der Waals surface area contributed by atoms with Gasteiger partial charge in [0, 0.05) is 25.2 Å². The Morgan fingerprint density at radius 3 is 2.64 bits per heavy atom. The van der Waals surface area contributed by atoms with Gasteiger partial charge in [-0.05, 0) is 49.1 Å². The lowest BCUT2D eigenvalue weighted by Gasteiger charge is -2.28. The van der Waals surface area contributed by atoms with Crippen LogP contribution in [0.1, 0.15) is 51.7 Å². The molecular formula is C22H25N5O. The Bertz CT molecular complexity index is 963. The number of fused-ring (bicyclic) bond motifs is 1. The van der Waals surface area contributed by atoms with Gasteiger partial charge in [-0.25, -0.2) is 4.98 Å². The molecule has 2 N–H and O–H groups in total. The predicted molar refractivity (Wildman–Crippen MR) is 108 cm³/mol. The van der Waals surface area contributed by atoms with Gasteiger partial charge in [-0.2, -0.15) is 5.10 Å². The van der Waals surface area contributed by atoms with Gasteiger partial charge < -0.3 is 5.32 Å². The number of carbonyl (C=O) groups is 1. The molecule has 3 aromatic rings. The predicted octanol–water partition coefficient (Wildman–Crippen LogP) is 3.16. The summed E-state index contributed by atoms with van der Waals surface area (Å²) < 4.78 is 0. The van der Waals surface area contributed by atoms with Crippen molar-refractivity contribution in [2.45, 2.75) is 39.4 Å². The number of nitrogens with one attached hydrogen (secondary N) is 2. The van der Waals surface area contributed by atoms with Gasteiger partial charge in [0.1, 0.15) is 5.82 Å². The zero-order chi connectivity index (χ0) is 19.5. The van der Waals surface area contributed by atoms with E-state index >= 15 is 0 Å². The second-order valence-electron chi connectivity index (χ2n) is 7.40. The topological polar surface area (TPSA) is 73.9 Å². The number of carbonyl (C=O) groups excluding carboxylic acids is 1. The van der Waals surface area contributed by atoms with Crippen molar-refractivity contribution >= 4 is 5.91 Å². The average Bonchev–Trinajstić information content (AvgIpc) is 3.15. The highest BCUT2D eigenvalue weighted by Crippen LogP contribution is 2.20. The van der Waals surface area contributed by atoms with Crippen LogP contribution in [0.3, 0.4) is 0 Å². The minimum Gasteiger partial charge on any atom is -0.342 e. The molecule has 6 nitrogen and oxygen atoms in total. The van der Waals surface area contributed by atoms with Gasteiger partial charge in [-0.3, -0.25) is 14.8 Å². The van der Waals surface area contributed by atoms with Gasteiger partial charge in [0.05, 0.1) is 6.04 Å².